The van der Waals surface area contributed by atoms with Crippen molar-refractivity contribution in [2.24, 2.45) is 0 Å². The number of amides is 2. The standard InChI is InChI=1S/C9H16N2O4/c1-3-10-8(13)5-4-7(9(14)15)11-6(2)12/h7H,3-5H2,1-2H3,(H,10,13)(H,11,12)(H,14,15)/t7-/m0/s1. The van der Waals surface area contributed by atoms with Crippen molar-refractivity contribution in [1.29, 1.82) is 0 Å². The number of aliphatic carboxylic acids is 1. The highest BCUT2D eigenvalue weighted by Crippen LogP contribution is 1.97. The summed E-state index contributed by atoms with van der Waals surface area (Å²) in [4.78, 5) is 32.4. The number of carbonyl (C=O) groups excluding carboxylic acids is 2. The molecule has 0 aliphatic carbocycles. The molecule has 0 radical (unpaired) electrons. The van der Waals surface area contributed by atoms with E-state index in [-0.39, 0.29) is 18.7 Å². The number of carboxylic acid groups (broad SMARTS) is 1. The topological polar surface area (TPSA) is 95.5 Å². The Hall–Kier alpha value is -1.59. The van der Waals surface area contributed by atoms with Gasteiger partial charge in [-0.15, -0.1) is 0 Å². The van der Waals surface area contributed by atoms with Crippen molar-refractivity contribution in [3.63, 3.8) is 0 Å². The van der Waals surface area contributed by atoms with Crippen LogP contribution in [0.4, 0.5) is 0 Å². The first-order valence-electron chi connectivity index (χ1n) is 4.74. The van der Waals surface area contributed by atoms with E-state index >= 15 is 0 Å². The largest absolute Gasteiger partial charge is 0.480 e. The lowest BCUT2D eigenvalue weighted by molar-refractivity contribution is -0.141. The van der Waals surface area contributed by atoms with Gasteiger partial charge in [0.25, 0.3) is 0 Å². The summed E-state index contributed by atoms with van der Waals surface area (Å²) in [5, 5.41) is 13.5. The van der Waals surface area contributed by atoms with Crippen LogP contribution in [0.5, 0.6) is 0 Å². The Balaban J connectivity index is 4.01. The van der Waals surface area contributed by atoms with E-state index in [1.54, 1.807) is 6.92 Å². The zero-order valence-electron chi connectivity index (χ0n) is 8.87. The van der Waals surface area contributed by atoms with E-state index in [1.807, 2.05) is 0 Å². The van der Waals surface area contributed by atoms with E-state index in [0.717, 1.165) is 0 Å². The average molecular weight is 216 g/mol. The number of hydrogen-bond donors (Lipinski definition) is 3. The lowest BCUT2D eigenvalue weighted by Gasteiger charge is -2.12. The molecule has 15 heavy (non-hydrogen) atoms. The van der Waals surface area contributed by atoms with Crippen molar-refractivity contribution in [3.05, 3.63) is 0 Å². The maximum Gasteiger partial charge on any atom is 0.326 e. The van der Waals surface area contributed by atoms with Crippen LogP contribution < -0.4 is 10.6 Å². The van der Waals surface area contributed by atoms with Crippen molar-refractivity contribution in [2.45, 2.75) is 32.7 Å². The number of rotatable bonds is 6. The Bertz CT molecular complexity index is 252. The third-order valence-corrected chi connectivity index (χ3v) is 1.71. The van der Waals surface area contributed by atoms with Gasteiger partial charge in [-0.2, -0.15) is 0 Å². The van der Waals surface area contributed by atoms with Crippen molar-refractivity contribution >= 4 is 17.8 Å². The Morgan fingerprint density at radius 2 is 1.93 bits per heavy atom. The first-order chi connectivity index (χ1) is 6.97. The highest BCUT2D eigenvalue weighted by atomic mass is 16.4. The van der Waals surface area contributed by atoms with Gasteiger partial charge in [-0.1, -0.05) is 0 Å². The predicted octanol–water partition coefficient (Wildman–Crippen LogP) is -0.508. The minimum atomic E-state index is -1.13. The Morgan fingerprint density at radius 3 is 2.33 bits per heavy atom. The van der Waals surface area contributed by atoms with Gasteiger partial charge in [-0.25, -0.2) is 4.79 Å². The van der Waals surface area contributed by atoms with E-state index in [9.17, 15) is 14.4 Å². The van der Waals surface area contributed by atoms with Gasteiger partial charge < -0.3 is 15.7 Å². The number of carboxylic acids is 1. The molecule has 0 fully saturated rings. The SMILES string of the molecule is CCNC(=O)CC[C@H](NC(C)=O)C(=O)O. The summed E-state index contributed by atoms with van der Waals surface area (Å²) in [6, 6.07) is -0.995. The fourth-order valence-corrected chi connectivity index (χ4v) is 1.06. The normalized spacial score (nSPS) is 11.6. The van der Waals surface area contributed by atoms with E-state index in [2.05, 4.69) is 10.6 Å². The first kappa shape index (κ1) is 13.4. The Kier molecular flexibility index (Phi) is 6.08. The molecule has 6 heteroatoms. The highest BCUT2D eigenvalue weighted by molar-refractivity contribution is 5.83. The summed E-state index contributed by atoms with van der Waals surface area (Å²) < 4.78 is 0. The molecule has 0 aromatic heterocycles. The summed E-state index contributed by atoms with van der Waals surface area (Å²) in [5.74, 6) is -1.76. The quantitative estimate of drug-likeness (QED) is 0.557. The zero-order chi connectivity index (χ0) is 11.8. The molecule has 6 nitrogen and oxygen atoms in total. The second kappa shape index (κ2) is 6.80. The molecule has 0 unspecified atom stereocenters. The van der Waals surface area contributed by atoms with Crippen LogP contribution in [0.15, 0.2) is 0 Å². The van der Waals surface area contributed by atoms with Crippen LogP contribution in [0.2, 0.25) is 0 Å². The maximum atomic E-state index is 11.0. The highest BCUT2D eigenvalue weighted by Gasteiger charge is 2.18. The molecule has 86 valence electrons. The van der Waals surface area contributed by atoms with E-state index in [1.165, 1.54) is 6.92 Å². The fraction of sp³-hybridized carbons (Fsp3) is 0.667. The molecule has 0 spiro atoms. The lowest BCUT2D eigenvalue weighted by Crippen LogP contribution is -2.40. The maximum absolute atomic E-state index is 11.0. The molecule has 0 saturated carbocycles. The predicted molar refractivity (Wildman–Crippen MR) is 53.2 cm³/mol. The zero-order valence-corrected chi connectivity index (χ0v) is 8.87. The van der Waals surface area contributed by atoms with Gasteiger partial charge in [-0.05, 0) is 13.3 Å². The van der Waals surface area contributed by atoms with Crippen LogP contribution in [-0.4, -0.2) is 35.5 Å². The summed E-state index contributed by atoms with van der Waals surface area (Å²) in [6.07, 6.45) is 0.186. The number of nitrogens with one attached hydrogen (secondary N) is 2. The Labute approximate surface area is 88.0 Å². The summed E-state index contributed by atoms with van der Waals surface area (Å²) in [7, 11) is 0. The van der Waals surface area contributed by atoms with Crippen LogP contribution in [0.25, 0.3) is 0 Å². The third-order valence-electron chi connectivity index (χ3n) is 1.71. The average Bonchev–Trinajstić information content (AvgIpc) is 2.11. The molecule has 0 saturated heterocycles. The van der Waals surface area contributed by atoms with Crippen molar-refractivity contribution in [3.8, 4) is 0 Å². The molecule has 3 N–H and O–H groups in total. The molecule has 0 bridgehead atoms. The first-order valence-corrected chi connectivity index (χ1v) is 4.74. The minimum Gasteiger partial charge on any atom is -0.480 e. The number of carbonyl (C=O) groups is 3. The second-order valence-corrected chi connectivity index (χ2v) is 3.08. The van der Waals surface area contributed by atoms with Crippen LogP contribution in [0.3, 0.4) is 0 Å². The molecule has 0 rings (SSSR count). The van der Waals surface area contributed by atoms with E-state index in [0.29, 0.717) is 6.54 Å². The molecule has 1 atom stereocenters. The second-order valence-electron chi connectivity index (χ2n) is 3.08. The van der Waals surface area contributed by atoms with Crippen LogP contribution in [-0.2, 0) is 14.4 Å². The molecular formula is C9H16N2O4. The van der Waals surface area contributed by atoms with Crippen molar-refractivity contribution in [2.75, 3.05) is 6.54 Å². The van der Waals surface area contributed by atoms with Gasteiger partial charge in [0.2, 0.25) is 11.8 Å². The van der Waals surface area contributed by atoms with E-state index < -0.39 is 17.9 Å². The van der Waals surface area contributed by atoms with Crippen LogP contribution in [0, 0.1) is 0 Å². The van der Waals surface area contributed by atoms with E-state index in [4.69, 9.17) is 5.11 Å². The fourth-order valence-electron chi connectivity index (χ4n) is 1.06. The summed E-state index contributed by atoms with van der Waals surface area (Å²) in [5.41, 5.74) is 0. The van der Waals surface area contributed by atoms with Gasteiger partial charge in [0.1, 0.15) is 6.04 Å². The van der Waals surface area contributed by atoms with Gasteiger partial charge in [0, 0.05) is 19.9 Å². The molecule has 0 aliphatic heterocycles. The van der Waals surface area contributed by atoms with Gasteiger partial charge in [0.05, 0.1) is 0 Å². The smallest absolute Gasteiger partial charge is 0.326 e. The van der Waals surface area contributed by atoms with Crippen LogP contribution in [0.1, 0.15) is 26.7 Å². The van der Waals surface area contributed by atoms with Gasteiger partial charge in [0.15, 0.2) is 0 Å². The monoisotopic (exact) mass is 216 g/mol. The molecule has 0 aliphatic rings. The summed E-state index contributed by atoms with van der Waals surface area (Å²) in [6.45, 7) is 3.53. The molecule has 0 heterocycles. The van der Waals surface area contributed by atoms with Crippen LogP contribution >= 0.6 is 0 Å². The molecule has 0 aromatic rings. The summed E-state index contributed by atoms with van der Waals surface area (Å²) >= 11 is 0. The molecular weight excluding hydrogens is 200 g/mol. The Morgan fingerprint density at radius 1 is 1.33 bits per heavy atom. The number of hydrogen-bond acceptors (Lipinski definition) is 3. The van der Waals surface area contributed by atoms with Gasteiger partial charge >= 0.3 is 5.97 Å². The van der Waals surface area contributed by atoms with Gasteiger partial charge in [-0.3, -0.25) is 9.59 Å². The van der Waals surface area contributed by atoms with Crippen molar-refractivity contribution in [1.82, 2.24) is 10.6 Å². The molecule has 0 aromatic carbocycles. The minimum absolute atomic E-state index is 0.0884. The molecule has 2 amide bonds. The van der Waals surface area contributed by atoms with Crippen molar-refractivity contribution < 1.29 is 19.5 Å². The lowest BCUT2D eigenvalue weighted by atomic mass is 10.1. The third kappa shape index (κ3) is 6.48.